The molecule has 0 bridgehead atoms. The molecule has 1 fully saturated rings. The standard InChI is InChI=1S/C12H21N3.ClH/c1-9-8-15(3)14-10(9)11(13)12(2)6-4-5-7-12;/h8,11H,4-7,13H2,1-3H3;1H/t11-;/m0./s1. The lowest BCUT2D eigenvalue weighted by Gasteiger charge is -2.30. The molecule has 16 heavy (non-hydrogen) atoms. The van der Waals surface area contributed by atoms with Crippen LogP contribution in [0.25, 0.3) is 0 Å². The van der Waals surface area contributed by atoms with Crippen molar-refractivity contribution < 1.29 is 0 Å². The van der Waals surface area contributed by atoms with Gasteiger partial charge in [0.05, 0.1) is 11.7 Å². The third-order valence-corrected chi connectivity index (χ3v) is 3.84. The molecule has 1 heterocycles. The lowest BCUT2D eigenvalue weighted by molar-refractivity contribution is 0.259. The highest BCUT2D eigenvalue weighted by atomic mass is 35.5. The van der Waals surface area contributed by atoms with Gasteiger partial charge in [0.2, 0.25) is 0 Å². The minimum atomic E-state index is 0. The molecule has 4 heteroatoms. The van der Waals surface area contributed by atoms with Crippen LogP contribution in [0.2, 0.25) is 0 Å². The predicted octanol–water partition coefficient (Wildman–Crippen LogP) is 2.73. The second kappa shape index (κ2) is 4.76. The van der Waals surface area contributed by atoms with Gasteiger partial charge in [0.15, 0.2) is 0 Å². The Kier molecular flexibility index (Phi) is 4.02. The Balaban J connectivity index is 0.00000128. The Bertz CT molecular complexity index is 353. The number of nitrogens with zero attached hydrogens (tertiary/aromatic N) is 2. The summed E-state index contributed by atoms with van der Waals surface area (Å²) in [5.74, 6) is 0. The summed E-state index contributed by atoms with van der Waals surface area (Å²) in [5.41, 5.74) is 8.94. The Labute approximate surface area is 104 Å². The van der Waals surface area contributed by atoms with E-state index in [2.05, 4.69) is 18.9 Å². The van der Waals surface area contributed by atoms with Crippen molar-refractivity contribution in [2.24, 2.45) is 18.2 Å². The van der Waals surface area contributed by atoms with Crippen LogP contribution in [0.15, 0.2) is 6.20 Å². The van der Waals surface area contributed by atoms with Crippen molar-refractivity contribution in [2.75, 3.05) is 0 Å². The van der Waals surface area contributed by atoms with Gasteiger partial charge in [-0.3, -0.25) is 4.68 Å². The van der Waals surface area contributed by atoms with Crippen molar-refractivity contribution in [3.05, 3.63) is 17.5 Å². The van der Waals surface area contributed by atoms with E-state index in [1.165, 1.54) is 31.2 Å². The van der Waals surface area contributed by atoms with Gasteiger partial charge < -0.3 is 5.73 Å². The molecule has 0 aromatic carbocycles. The number of hydrogen-bond donors (Lipinski definition) is 1. The van der Waals surface area contributed by atoms with E-state index in [4.69, 9.17) is 5.73 Å². The fourth-order valence-electron chi connectivity index (χ4n) is 2.76. The van der Waals surface area contributed by atoms with Crippen molar-refractivity contribution in [3.63, 3.8) is 0 Å². The molecule has 1 aliphatic rings. The molecular formula is C12H22ClN3. The van der Waals surface area contributed by atoms with Crippen LogP contribution in [0.3, 0.4) is 0 Å². The summed E-state index contributed by atoms with van der Waals surface area (Å²) >= 11 is 0. The fraction of sp³-hybridized carbons (Fsp3) is 0.750. The Morgan fingerprint density at radius 2 is 2.00 bits per heavy atom. The first-order chi connectivity index (χ1) is 7.03. The number of aryl methyl sites for hydroxylation is 2. The quantitative estimate of drug-likeness (QED) is 0.868. The van der Waals surface area contributed by atoms with E-state index in [0.29, 0.717) is 0 Å². The van der Waals surface area contributed by atoms with Crippen molar-refractivity contribution in [1.82, 2.24) is 9.78 Å². The lowest BCUT2D eigenvalue weighted by Crippen LogP contribution is -2.30. The number of nitrogens with two attached hydrogens (primary N) is 1. The lowest BCUT2D eigenvalue weighted by atomic mass is 9.79. The Morgan fingerprint density at radius 1 is 1.44 bits per heavy atom. The first-order valence-electron chi connectivity index (χ1n) is 5.79. The summed E-state index contributed by atoms with van der Waals surface area (Å²) < 4.78 is 1.86. The van der Waals surface area contributed by atoms with Crippen LogP contribution in [0.4, 0.5) is 0 Å². The molecule has 0 aliphatic heterocycles. The van der Waals surface area contributed by atoms with E-state index in [9.17, 15) is 0 Å². The molecule has 1 aromatic heterocycles. The topological polar surface area (TPSA) is 43.8 Å². The predicted molar refractivity (Wildman–Crippen MR) is 68.7 cm³/mol. The summed E-state index contributed by atoms with van der Waals surface area (Å²) in [4.78, 5) is 0. The van der Waals surface area contributed by atoms with Crippen molar-refractivity contribution in [1.29, 1.82) is 0 Å². The monoisotopic (exact) mass is 243 g/mol. The van der Waals surface area contributed by atoms with Crippen LogP contribution < -0.4 is 5.73 Å². The molecule has 2 N–H and O–H groups in total. The van der Waals surface area contributed by atoms with Crippen LogP contribution >= 0.6 is 12.4 Å². The zero-order valence-corrected chi connectivity index (χ0v) is 11.2. The van der Waals surface area contributed by atoms with E-state index in [1.54, 1.807) is 0 Å². The van der Waals surface area contributed by atoms with Crippen molar-refractivity contribution in [2.45, 2.75) is 45.6 Å². The molecule has 0 amide bonds. The smallest absolute Gasteiger partial charge is 0.0826 e. The molecule has 1 aliphatic carbocycles. The number of halogens is 1. The van der Waals surface area contributed by atoms with Crippen LogP contribution in [-0.2, 0) is 7.05 Å². The second-order valence-electron chi connectivity index (χ2n) is 5.21. The molecule has 0 saturated heterocycles. The molecule has 92 valence electrons. The number of hydrogen-bond acceptors (Lipinski definition) is 2. The van der Waals surface area contributed by atoms with E-state index in [0.717, 1.165) is 5.69 Å². The zero-order chi connectivity index (χ0) is 11.1. The molecule has 1 aromatic rings. The maximum atomic E-state index is 6.37. The summed E-state index contributed by atoms with van der Waals surface area (Å²) in [7, 11) is 1.96. The van der Waals surface area contributed by atoms with Gasteiger partial charge in [0.1, 0.15) is 0 Å². The van der Waals surface area contributed by atoms with Gasteiger partial charge in [-0.05, 0) is 30.7 Å². The van der Waals surface area contributed by atoms with Crippen molar-refractivity contribution >= 4 is 12.4 Å². The van der Waals surface area contributed by atoms with E-state index < -0.39 is 0 Å². The SMILES string of the molecule is Cc1cn(C)nc1[C@H](N)C1(C)CCCC1.Cl. The molecule has 2 rings (SSSR count). The molecular weight excluding hydrogens is 222 g/mol. The van der Waals surface area contributed by atoms with Gasteiger partial charge >= 0.3 is 0 Å². The Hall–Kier alpha value is -0.540. The molecule has 1 atom stereocenters. The summed E-state index contributed by atoms with van der Waals surface area (Å²) in [6.45, 7) is 4.40. The third kappa shape index (κ3) is 2.25. The van der Waals surface area contributed by atoms with Crippen LogP contribution in [0.5, 0.6) is 0 Å². The Morgan fingerprint density at radius 3 is 2.44 bits per heavy atom. The number of aromatic nitrogens is 2. The van der Waals surface area contributed by atoms with E-state index in [-0.39, 0.29) is 23.9 Å². The molecule has 0 unspecified atom stereocenters. The first-order valence-corrected chi connectivity index (χ1v) is 5.79. The first kappa shape index (κ1) is 13.5. The maximum absolute atomic E-state index is 6.37. The average Bonchev–Trinajstić information content (AvgIpc) is 2.73. The third-order valence-electron chi connectivity index (χ3n) is 3.84. The summed E-state index contributed by atoms with van der Waals surface area (Å²) in [5, 5.41) is 4.49. The van der Waals surface area contributed by atoms with Gasteiger partial charge in [0.25, 0.3) is 0 Å². The molecule has 1 saturated carbocycles. The maximum Gasteiger partial charge on any atom is 0.0826 e. The largest absolute Gasteiger partial charge is 0.322 e. The highest BCUT2D eigenvalue weighted by Gasteiger charge is 2.37. The minimum absolute atomic E-state index is 0. The normalized spacial score (nSPS) is 20.5. The summed E-state index contributed by atoms with van der Waals surface area (Å²) in [6, 6.07) is 0.0983. The fourth-order valence-corrected chi connectivity index (χ4v) is 2.76. The molecule has 0 spiro atoms. The average molecular weight is 244 g/mol. The van der Waals surface area contributed by atoms with Crippen LogP contribution in [-0.4, -0.2) is 9.78 Å². The van der Waals surface area contributed by atoms with Crippen LogP contribution in [0.1, 0.15) is 49.9 Å². The minimum Gasteiger partial charge on any atom is -0.322 e. The van der Waals surface area contributed by atoms with Gasteiger partial charge in [-0.15, -0.1) is 12.4 Å². The number of rotatable bonds is 2. The van der Waals surface area contributed by atoms with Crippen molar-refractivity contribution in [3.8, 4) is 0 Å². The van der Waals surface area contributed by atoms with E-state index >= 15 is 0 Å². The van der Waals surface area contributed by atoms with Gasteiger partial charge in [0, 0.05) is 13.2 Å². The zero-order valence-electron chi connectivity index (χ0n) is 10.4. The van der Waals surface area contributed by atoms with Gasteiger partial charge in [-0.25, -0.2) is 0 Å². The molecule has 0 radical (unpaired) electrons. The second-order valence-corrected chi connectivity index (χ2v) is 5.21. The van der Waals surface area contributed by atoms with E-state index in [1.807, 2.05) is 17.9 Å². The van der Waals surface area contributed by atoms with Gasteiger partial charge in [-0.2, -0.15) is 5.10 Å². The van der Waals surface area contributed by atoms with Gasteiger partial charge in [-0.1, -0.05) is 19.8 Å². The highest BCUT2D eigenvalue weighted by Crippen LogP contribution is 2.45. The summed E-state index contributed by atoms with van der Waals surface area (Å²) in [6.07, 6.45) is 7.16. The highest BCUT2D eigenvalue weighted by molar-refractivity contribution is 5.85. The molecule has 3 nitrogen and oxygen atoms in total. The van der Waals surface area contributed by atoms with Crippen LogP contribution in [0, 0.1) is 12.3 Å².